The van der Waals surface area contributed by atoms with Gasteiger partial charge in [-0.05, 0) is 18.1 Å². The number of rotatable bonds is 3. The SMILES string of the molecule is CC.Cc1ccccc1CC(=O)[C-]=O.[Y]. The van der Waals surface area contributed by atoms with Crippen molar-refractivity contribution in [3.8, 4) is 0 Å². The summed E-state index contributed by atoms with van der Waals surface area (Å²) in [6, 6.07) is 7.49. The van der Waals surface area contributed by atoms with E-state index in [9.17, 15) is 9.59 Å². The van der Waals surface area contributed by atoms with E-state index in [0.717, 1.165) is 11.1 Å². The Balaban J connectivity index is 0. The maximum absolute atomic E-state index is 10.7. The summed E-state index contributed by atoms with van der Waals surface area (Å²) in [5.41, 5.74) is 1.92. The summed E-state index contributed by atoms with van der Waals surface area (Å²) in [4.78, 5) is 20.7. The van der Waals surface area contributed by atoms with Crippen LogP contribution in [0.3, 0.4) is 0 Å². The molecule has 1 rings (SSSR count). The van der Waals surface area contributed by atoms with Gasteiger partial charge >= 0.3 is 0 Å². The zero-order valence-corrected chi connectivity index (χ0v) is 12.2. The molecule has 79 valence electrons. The van der Waals surface area contributed by atoms with Crippen molar-refractivity contribution in [3.63, 3.8) is 0 Å². The first-order valence-corrected chi connectivity index (χ1v) is 4.69. The predicted molar refractivity (Wildman–Crippen MR) is 56.9 cm³/mol. The van der Waals surface area contributed by atoms with E-state index in [1.807, 2.05) is 45.0 Å². The Morgan fingerprint density at radius 3 is 2.27 bits per heavy atom. The smallest absolute Gasteiger partial charge is 0.0196 e. The third-order valence-corrected chi connectivity index (χ3v) is 1.73. The quantitative estimate of drug-likeness (QED) is 0.628. The van der Waals surface area contributed by atoms with Gasteiger partial charge in [-0.3, -0.25) is 0 Å². The summed E-state index contributed by atoms with van der Waals surface area (Å²) in [6.07, 6.45) is 1.51. The van der Waals surface area contributed by atoms with Gasteiger partial charge in [0, 0.05) is 44.9 Å². The van der Waals surface area contributed by atoms with E-state index in [4.69, 9.17) is 0 Å². The average molecular weight is 280 g/mol. The molecule has 0 aliphatic carbocycles. The molecule has 0 heterocycles. The van der Waals surface area contributed by atoms with Crippen molar-refractivity contribution in [1.29, 1.82) is 0 Å². The van der Waals surface area contributed by atoms with Gasteiger partial charge in [-0.15, -0.1) is 0 Å². The first-order valence-electron chi connectivity index (χ1n) is 4.69. The van der Waals surface area contributed by atoms with Crippen molar-refractivity contribution in [1.82, 2.24) is 0 Å². The number of carbonyl (C=O) groups is 1. The van der Waals surface area contributed by atoms with Crippen LogP contribution in [0.2, 0.25) is 0 Å². The first kappa shape index (κ1) is 17.1. The van der Waals surface area contributed by atoms with E-state index in [1.54, 1.807) is 0 Å². The molecule has 0 fully saturated rings. The minimum absolute atomic E-state index is 0. The standard InChI is InChI=1S/C10H9O2.C2H6.Y/c1-8-4-2-3-5-9(8)6-10(12)7-11;1-2;/h2-5H,6H2,1H3;1-2H3;/q-1;;. The number of carbonyl (C=O) groups excluding carboxylic acids is 2. The van der Waals surface area contributed by atoms with Gasteiger partial charge in [-0.25, -0.2) is 0 Å². The molecule has 0 aromatic heterocycles. The first-order chi connectivity index (χ1) is 6.74. The molecule has 0 atom stereocenters. The summed E-state index contributed by atoms with van der Waals surface area (Å²) in [5, 5.41) is 0. The van der Waals surface area contributed by atoms with E-state index in [2.05, 4.69) is 0 Å². The second kappa shape index (κ2) is 10.2. The number of aryl methyl sites for hydroxylation is 1. The van der Waals surface area contributed by atoms with Crippen LogP contribution in [0.25, 0.3) is 0 Å². The van der Waals surface area contributed by atoms with Gasteiger partial charge in [0.15, 0.2) is 0 Å². The second-order valence-corrected chi connectivity index (χ2v) is 2.63. The molecule has 0 saturated carbocycles. The zero-order valence-electron chi connectivity index (χ0n) is 9.41. The molecule has 0 aliphatic heterocycles. The Labute approximate surface area is 116 Å². The molecule has 1 aromatic rings. The van der Waals surface area contributed by atoms with Crippen molar-refractivity contribution < 1.29 is 42.3 Å². The third-order valence-electron chi connectivity index (χ3n) is 1.73. The van der Waals surface area contributed by atoms with Crippen molar-refractivity contribution in [3.05, 3.63) is 35.4 Å². The van der Waals surface area contributed by atoms with Crippen molar-refractivity contribution in [2.75, 3.05) is 0 Å². The molecule has 3 heteroatoms. The van der Waals surface area contributed by atoms with Gasteiger partial charge in [0.1, 0.15) is 0 Å². The Morgan fingerprint density at radius 2 is 1.80 bits per heavy atom. The predicted octanol–water partition coefficient (Wildman–Crippen LogP) is 2.24. The summed E-state index contributed by atoms with van der Waals surface area (Å²) in [6.45, 7) is 5.91. The number of hydrogen-bond acceptors (Lipinski definition) is 2. The van der Waals surface area contributed by atoms with Gasteiger partial charge in [0.2, 0.25) is 0 Å². The van der Waals surface area contributed by atoms with Gasteiger partial charge < -0.3 is 9.59 Å². The molecule has 0 saturated heterocycles. The zero-order chi connectivity index (χ0) is 11.0. The molecule has 0 bridgehead atoms. The fraction of sp³-hybridized carbons (Fsp3) is 0.333. The van der Waals surface area contributed by atoms with Crippen LogP contribution >= 0.6 is 0 Å². The molecular weight excluding hydrogens is 265 g/mol. The van der Waals surface area contributed by atoms with Gasteiger partial charge in [-0.2, -0.15) is 6.29 Å². The number of Topliss-reactive ketones (excluding diaryl/α,β-unsaturated/α-hetero) is 1. The molecule has 1 aromatic carbocycles. The largest absolute Gasteiger partial charge is 0.534 e. The topological polar surface area (TPSA) is 34.1 Å². The number of ketones is 1. The Kier molecular flexibility index (Phi) is 11.6. The van der Waals surface area contributed by atoms with E-state index in [0.29, 0.717) is 0 Å². The van der Waals surface area contributed by atoms with Crippen LogP contribution < -0.4 is 0 Å². The van der Waals surface area contributed by atoms with E-state index in [1.165, 1.54) is 6.29 Å². The molecule has 0 N–H and O–H groups in total. The van der Waals surface area contributed by atoms with Crippen LogP contribution in [0.4, 0.5) is 0 Å². The summed E-state index contributed by atoms with van der Waals surface area (Å²) < 4.78 is 0. The van der Waals surface area contributed by atoms with Crippen LogP contribution in [0, 0.1) is 6.92 Å². The average Bonchev–Trinajstić information content (AvgIpc) is 2.24. The van der Waals surface area contributed by atoms with Gasteiger partial charge in [0.25, 0.3) is 0 Å². The Hall–Kier alpha value is -0.336. The van der Waals surface area contributed by atoms with Crippen LogP contribution in [0.15, 0.2) is 24.3 Å². The Bertz CT molecular complexity index is 308. The van der Waals surface area contributed by atoms with Crippen molar-refractivity contribution >= 4 is 12.1 Å². The summed E-state index contributed by atoms with van der Waals surface area (Å²) in [5.74, 6) is -0.496. The molecule has 0 unspecified atom stereocenters. The van der Waals surface area contributed by atoms with Crippen LogP contribution in [-0.2, 0) is 48.7 Å². The second-order valence-electron chi connectivity index (χ2n) is 2.63. The maximum atomic E-state index is 10.7. The fourth-order valence-corrected chi connectivity index (χ4v) is 1.02. The minimum atomic E-state index is -0.496. The van der Waals surface area contributed by atoms with Crippen molar-refractivity contribution in [2.45, 2.75) is 27.2 Å². The van der Waals surface area contributed by atoms with Crippen LogP contribution in [0.5, 0.6) is 0 Å². The number of benzene rings is 1. The summed E-state index contributed by atoms with van der Waals surface area (Å²) >= 11 is 0. The monoisotopic (exact) mass is 280 g/mol. The van der Waals surface area contributed by atoms with Gasteiger partial charge in [-0.1, -0.05) is 38.1 Å². The molecule has 0 aliphatic rings. The summed E-state index contributed by atoms with van der Waals surface area (Å²) in [7, 11) is 0. The Morgan fingerprint density at radius 1 is 1.27 bits per heavy atom. The van der Waals surface area contributed by atoms with E-state index in [-0.39, 0.29) is 39.1 Å². The molecule has 0 spiro atoms. The molecule has 0 amide bonds. The maximum Gasteiger partial charge on any atom is 0.0196 e. The number of hydrogen-bond donors (Lipinski definition) is 0. The van der Waals surface area contributed by atoms with Crippen LogP contribution in [0.1, 0.15) is 25.0 Å². The normalized spacial score (nSPS) is 7.93. The van der Waals surface area contributed by atoms with Crippen molar-refractivity contribution in [2.24, 2.45) is 0 Å². The molecule has 1 radical (unpaired) electrons. The molecule has 2 nitrogen and oxygen atoms in total. The fourth-order valence-electron chi connectivity index (χ4n) is 1.02. The van der Waals surface area contributed by atoms with E-state index < -0.39 is 5.78 Å². The van der Waals surface area contributed by atoms with Crippen LogP contribution in [-0.4, -0.2) is 12.1 Å². The third kappa shape index (κ3) is 6.69. The van der Waals surface area contributed by atoms with E-state index >= 15 is 0 Å². The molecular formula is C12H15O2Y-. The minimum Gasteiger partial charge on any atom is -0.534 e. The molecule has 15 heavy (non-hydrogen) atoms. The van der Waals surface area contributed by atoms with Gasteiger partial charge in [0.05, 0.1) is 0 Å².